The minimum Gasteiger partial charge on any atom is -1.00 e. The first-order valence-electron chi connectivity index (χ1n) is 1.13. The van der Waals surface area contributed by atoms with Crippen LogP contribution in [0.3, 0.4) is 0 Å². The molecule has 0 aromatic heterocycles. The molecule has 0 aromatic carbocycles. The molecule has 0 unspecified atom stereocenters. The fourth-order valence-corrected chi connectivity index (χ4v) is 0.402. The Labute approximate surface area is 69.1 Å². The van der Waals surface area contributed by atoms with E-state index < -0.39 is 7.74 Å². The zero-order valence-corrected chi connectivity index (χ0v) is 5.87. The molecule has 1 saturated heterocycles. The minimum absolute atomic E-state index is 0. The second-order valence-corrected chi connectivity index (χ2v) is 2.95. The van der Waals surface area contributed by atoms with Crippen molar-refractivity contribution >= 4 is 7.74 Å². The molecule has 1 fully saturated rings. The van der Waals surface area contributed by atoms with E-state index in [9.17, 15) is 0 Å². The normalized spacial score (nSPS) is 32.1. The molecule has 8 heavy (non-hydrogen) atoms. The summed E-state index contributed by atoms with van der Waals surface area (Å²) in [7, 11) is -4.80. The van der Waals surface area contributed by atoms with E-state index in [0.29, 0.717) is 0 Å². The number of rotatable bonds is 0. The Morgan fingerprint density at radius 1 is 1.12 bits per heavy atom. The predicted molar refractivity (Wildman–Crippen MR) is 16.9 cm³/mol. The minimum atomic E-state index is -4.80. The molecule has 49 valence electrons. The van der Waals surface area contributed by atoms with E-state index in [1.165, 1.54) is 0 Å². The summed E-state index contributed by atoms with van der Waals surface area (Å²) in [5, 5.41) is 0. The van der Waals surface area contributed by atoms with E-state index in [-0.39, 0.29) is 37.1 Å². The molecule has 1 aliphatic rings. The molecule has 0 aromatic rings. The molecule has 5 nitrogen and oxygen atoms in total. The first-order valence-corrected chi connectivity index (χ1v) is 3.06. The van der Waals surface area contributed by atoms with Gasteiger partial charge in [-0.3, -0.25) is 0 Å². The fourth-order valence-electron chi connectivity index (χ4n) is 0.0447. The van der Waals surface area contributed by atoms with Gasteiger partial charge in [-0.2, -0.15) is 0 Å². The van der Waals surface area contributed by atoms with Crippen LogP contribution in [-0.4, -0.2) is 14.7 Å². The molecule has 8 heteroatoms. The molecule has 3 N–H and O–H groups in total. The van der Waals surface area contributed by atoms with Crippen LogP contribution in [0.2, 0.25) is 0 Å². The van der Waals surface area contributed by atoms with Crippen LogP contribution in [-0.2, 0) is 26.1 Å². The van der Waals surface area contributed by atoms with Gasteiger partial charge in [0.05, 0.1) is 0 Å². The molecule has 1 radical (unpaired) electrons. The van der Waals surface area contributed by atoms with Crippen molar-refractivity contribution in [2.24, 2.45) is 0 Å². The Morgan fingerprint density at radius 3 is 1.25 bits per heavy atom. The Hall–Kier alpha value is 1.33. The van der Waals surface area contributed by atoms with Gasteiger partial charge in [-0.1, -0.05) is 0 Å². The zero-order chi connectivity index (χ0) is 4.86. The van der Waals surface area contributed by atoms with Crippen LogP contribution < -0.4 is 18.9 Å². The van der Waals surface area contributed by atoms with Crippen LogP contribution in [0.1, 0.15) is 1.43 Å². The molecule has 0 spiro atoms. The largest absolute Gasteiger partial charge is 1.00 e. The number of hydrogen-bond donors (Lipinski definition) is 3. The van der Waals surface area contributed by atoms with Crippen LogP contribution in [0, 0.1) is 0 Å². The second-order valence-electron chi connectivity index (χ2n) is 0.982. The van der Waals surface area contributed by atoms with Crippen molar-refractivity contribution in [3.8, 4) is 0 Å². The van der Waals surface area contributed by atoms with E-state index in [1.54, 1.807) is 0 Å². The monoisotopic (exact) mass is 181 g/mol. The third-order valence-electron chi connectivity index (χ3n) is 0.275. The standard InChI is InChI=1S/Co.Li.H3O5P.H/c;;1-6(2,3)4-5-6;/h;;1-3H;/q;+1;;-1. The van der Waals surface area contributed by atoms with Crippen LogP contribution in [0.4, 0.5) is 0 Å². The van der Waals surface area contributed by atoms with E-state index in [4.69, 9.17) is 14.7 Å². The summed E-state index contributed by atoms with van der Waals surface area (Å²) in [6.45, 7) is 0. The van der Waals surface area contributed by atoms with Crippen LogP contribution >= 0.6 is 7.74 Å². The molecule has 0 bridgehead atoms. The van der Waals surface area contributed by atoms with Gasteiger partial charge < -0.3 is 1.43 Å². The summed E-state index contributed by atoms with van der Waals surface area (Å²) >= 11 is 0. The van der Waals surface area contributed by atoms with Gasteiger partial charge in [-0.05, 0) is 0 Å². The van der Waals surface area contributed by atoms with E-state index >= 15 is 0 Å². The first-order chi connectivity index (χ1) is 2.47. The predicted octanol–water partition coefficient (Wildman–Crippen LogP) is -3.83. The van der Waals surface area contributed by atoms with Gasteiger partial charge in [0.1, 0.15) is 0 Å². The summed E-state index contributed by atoms with van der Waals surface area (Å²) < 4.78 is 6.76. The molecule has 0 aliphatic carbocycles. The van der Waals surface area contributed by atoms with Gasteiger partial charge >= 0.3 is 50.6 Å². The molecule has 1 aliphatic heterocycles. The van der Waals surface area contributed by atoms with Gasteiger partial charge in [0.15, 0.2) is 0 Å². The molecule has 0 amide bonds. The van der Waals surface area contributed by atoms with E-state index in [1.807, 2.05) is 0 Å². The summed E-state index contributed by atoms with van der Waals surface area (Å²) in [5.41, 5.74) is 0. The first kappa shape index (κ1) is 12.1. The van der Waals surface area contributed by atoms with Crippen molar-refractivity contribution in [3.63, 3.8) is 0 Å². The molecular weight excluding hydrogens is 177 g/mol. The summed E-state index contributed by atoms with van der Waals surface area (Å²) in [4.78, 5) is 23.7. The molecule has 0 atom stereocenters. The SMILES string of the molecule is OP1(O)(O)OO1.[Co].[H-].[Li+]. The van der Waals surface area contributed by atoms with Crippen molar-refractivity contribution in [1.82, 2.24) is 0 Å². The molecule has 1 heterocycles. The average molecular weight is 181 g/mol. The Balaban J connectivity index is -0.000000120. The maximum atomic E-state index is 7.89. The summed E-state index contributed by atoms with van der Waals surface area (Å²) in [6.07, 6.45) is 0. The average Bonchev–Trinajstić information content (AvgIpc) is 1.73. The van der Waals surface area contributed by atoms with Gasteiger partial charge in [0, 0.05) is 16.8 Å². The summed E-state index contributed by atoms with van der Waals surface area (Å²) in [6, 6.07) is 0. The molecule has 1 rings (SSSR count). The molecular formula is H4CoLiO5P. The van der Waals surface area contributed by atoms with Gasteiger partial charge in [-0.25, -0.2) is 0 Å². The van der Waals surface area contributed by atoms with Crippen molar-refractivity contribution < 1.29 is 61.1 Å². The fraction of sp³-hybridized carbons (Fsp3) is 0. The van der Waals surface area contributed by atoms with Crippen molar-refractivity contribution in [2.45, 2.75) is 0 Å². The maximum absolute atomic E-state index is 7.89. The van der Waals surface area contributed by atoms with Gasteiger partial charge in [-0.15, -0.1) is 0 Å². The zero-order valence-electron chi connectivity index (χ0n) is 4.94. The van der Waals surface area contributed by atoms with Crippen LogP contribution in [0.5, 0.6) is 0 Å². The smallest absolute Gasteiger partial charge is 1.00 e. The van der Waals surface area contributed by atoms with Crippen molar-refractivity contribution in [2.75, 3.05) is 0 Å². The van der Waals surface area contributed by atoms with E-state index in [2.05, 4.69) is 9.35 Å². The van der Waals surface area contributed by atoms with Crippen molar-refractivity contribution in [3.05, 3.63) is 0 Å². The van der Waals surface area contributed by atoms with Crippen LogP contribution in [0.25, 0.3) is 0 Å². The second kappa shape index (κ2) is 2.52. The number of hydrogen-bond acceptors (Lipinski definition) is 5. The third kappa shape index (κ3) is 4.24. The topological polar surface area (TPSA) is 85.8 Å². The van der Waals surface area contributed by atoms with Crippen LogP contribution in [0.15, 0.2) is 0 Å². The maximum Gasteiger partial charge on any atom is 1.00 e. The Morgan fingerprint density at radius 2 is 1.25 bits per heavy atom. The molecule has 0 saturated carbocycles. The summed E-state index contributed by atoms with van der Waals surface area (Å²) in [5.74, 6) is 0. The Kier molecular flexibility index (Phi) is 3.80. The Bertz CT molecular complexity index is 80.7. The quantitative estimate of drug-likeness (QED) is 0.154. The van der Waals surface area contributed by atoms with Gasteiger partial charge in [0.25, 0.3) is 0 Å². The third-order valence-corrected chi connectivity index (χ3v) is 0.824. The van der Waals surface area contributed by atoms with Crippen molar-refractivity contribution in [1.29, 1.82) is 0 Å². The van der Waals surface area contributed by atoms with Gasteiger partial charge in [0.2, 0.25) is 0 Å². The van der Waals surface area contributed by atoms with E-state index in [0.717, 1.165) is 0 Å².